The summed E-state index contributed by atoms with van der Waals surface area (Å²) in [7, 11) is 0. The monoisotopic (exact) mass is 409 g/mol. The summed E-state index contributed by atoms with van der Waals surface area (Å²) in [6.45, 7) is 0.586. The van der Waals surface area contributed by atoms with Crippen LogP contribution in [0.15, 0.2) is 60.7 Å². The Hall–Kier alpha value is -3.35. The number of ether oxygens (including phenoxy) is 1. The molecule has 1 heterocycles. The third-order valence-electron chi connectivity index (χ3n) is 5.22. The predicted molar refractivity (Wildman–Crippen MR) is 112 cm³/mol. The molecule has 3 amide bonds. The quantitative estimate of drug-likeness (QED) is 0.699. The number of likely N-dealkylation sites (tertiary alicyclic amines) is 1. The molecule has 1 aliphatic heterocycles. The molecular weight excluding hydrogens is 382 g/mol. The maximum absolute atomic E-state index is 12.8. The van der Waals surface area contributed by atoms with Crippen LogP contribution >= 0.6 is 0 Å². The van der Waals surface area contributed by atoms with E-state index in [2.05, 4.69) is 5.32 Å². The van der Waals surface area contributed by atoms with E-state index >= 15 is 0 Å². The lowest BCUT2D eigenvalue weighted by Crippen LogP contribution is -2.52. The third kappa shape index (κ3) is 5.83. The second-order valence-electron chi connectivity index (χ2n) is 7.38. The van der Waals surface area contributed by atoms with Crippen molar-refractivity contribution in [2.75, 3.05) is 6.54 Å². The summed E-state index contributed by atoms with van der Waals surface area (Å²) < 4.78 is 5.37. The highest BCUT2D eigenvalue weighted by atomic mass is 16.6. The van der Waals surface area contributed by atoms with Crippen molar-refractivity contribution in [2.24, 2.45) is 5.73 Å². The minimum absolute atomic E-state index is 0.144. The van der Waals surface area contributed by atoms with Crippen molar-refractivity contribution >= 4 is 17.9 Å². The van der Waals surface area contributed by atoms with E-state index in [9.17, 15) is 14.4 Å². The minimum atomic E-state index is -0.791. The van der Waals surface area contributed by atoms with E-state index < -0.39 is 24.1 Å². The van der Waals surface area contributed by atoms with Gasteiger partial charge in [0.2, 0.25) is 11.8 Å². The van der Waals surface area contributed by atoms with Crippen molar-refractivity contribution in [1.29, 1.82) is 0 Å². The first kappa shape index (κ1) is 21.4. The topological polar surface area (TPSA) is 102 Å². The zero-order valence-corrected chi connectivity index (χ0v) is 16.8. The lowest BCUT2D eigenvalue weighted by molar-refractivity contribution is -0.130. The molecule has 0 unspecified atom stereocenters. The van der Waals surface area contributed by atoms with Gasteiger partial charge in [-0.05, 0) is 36.8 Å². The van der Waals surface area contributed by atoms with E-state index in [1.165, 1.54) is 4.90 Å². The van der Waals surface area contributed by atoms with E-state index in [-0.39, 0.29) is 12.5 Å². The molecule has 3 N–H and O–H groups in total. The zero-order valence-electron chi connectivity index (χ0n) is 16.8. The Kier molecular flexibility index (Phi) is 7.43. The third-order valence-corrected chi connectivity index (χ3v) is 5.22. The molecule has 158 valence electrons. The van der Waals surface area contributed by atoms with Gasteiger partial charge in [-0.25, -0.2) is 4.79 Å². The number of amides is 3. The van der Waals surface area contributed by atoms with Gasteiger partial charge in [0, 0.05) is 6.54 Å². The van der Waals surface area contributed by atoms with Crippen molar-refractivity contribution in [3.05, 3.63) is 71.8 Å². The molecule has 7 heteroatoms. The maximum atomic E-state index is 12.8. The Labute approximate surface area is 176 Å². The highest BCUT2D eigenvalue weighted by molar-refractivity contribution is 5.91. The SMILES string of the molecule is NC(=O)[C@@H](CCc1ccccc1)NC(=O)[C@H]1CCCN1C(=O)OCc1ccccc1. The first-order chi connectivity index (χ1) is 14.5. The van der Waals surface area contributed by atoms with Crippen molar-refractivity contribution in [2.45, 2.75) is 44.4 Å². The molecule has 7 nitrogen and oxygen atoms in total. The van der Waals surface area contributed by atoms with Crippen LogP contribution in [0.5, 0.6) is 0 Å². The molecule has 0 spiro atoms. The molecule has 3 rings (SSSR count). The fraction of sp³-hybridized carbons (Fsp3) is 0.348. The van der Waals surface area contributed by atoms with Crippen molar-refractivity contribution in [1.82, 2.24) is 10.2 Å². The minimum Gasteiger partial charge on any atom is -0.445 e. The number of hydrogen-bond donors (Lipinski definition) is 2. The highest BCUT2D eigenvalue weighted by Crippen LogP contribution is 2.19. The number of aryl methyl sites for hydroxylation is 1. The average Bonchev–Trinajstić information content (AvgIpc) is 3.26. The van der Waals surface area contributed by atoms with Gasteiger partial charge >= 0.3 is 6.09 Å². The first-order valence-electron chi connectivity index (χ1n) is 10.2. The smallest absolute Gasteiger partial charge is 0.410 e. The van der Waals surface area contributed by atoms with Crippen LogP contribution < -0.4 is 11.1 Å². The van der Waals surface area contributed by atoms with Crippen LogP contribution in [0.3, 0.4) is 0 Å². The highest BCUT2D eigenvalue weighted by Gasteiger charge is 2.36. The fourth-order valence-corrected chi connectivity index (χ4v) is 3.57. The van der Waals surface area contributed by atoms with Crippen LogP contribution in [-0.2, 0) is 27.4 Å². The number of hydrogen-bond acceptors (Lipinski definition) is 4. The van der Waals surface area contributed by atoms with Gasteiger partial charge in [0.05, 0.1) is 0 Å². The zero-order chi connectivity index (χ0) is 21.3. The number of primary amides is 1. The summed E-state index contributed by atoms with van der Waals surface area (Å²) in [5.41, 5.74) is 7.43. The molecule has 0 aliphatic carbocycles. The van der Waals surface area contributed by atoms with Gasteiger partial charge in [0.1, 0.15) is 18.7 Å². The maximum Gasteiger partial charge on any atom is 0.410 e. The van der Waals surface area contributed by atoms with E-state index in [4.69, 9.17) is 10.5 Å². The fourth-order valence-electron chi connectivity index (χ4n) is 3.57. The molecule has 2 aromatic rings. The average molecular weight is 409 g/mol. The van der Waals surface area contributed by atoms with Crippen molar-refractivity contribution < 1.29 is 19.1 Å². The summed E-state index contributed by atoms with van der Waals surface area (Å²) in [4.78, 5) is 38.6. The standard InChI is InChI=1S/C23H27N3O4/c24-21(27)19(14-13-17-8-3-1-4-9-17)25-22(28)20-12-7-15-26(20)23(29)30-16-18-10-5-2-6-11-18/h1-6,8-11,19-20H,7,12-16H2,(H2,24,27)(H,25,28)/t19-,20-/m1/s1. The van der Waals surface area contributed by atoms with Gasteiger partial charge in [-0.2, -0.15) is 0 Å². The number of rotatable bonds is 8. The summed E-state index contributed by atoms with van der Waals surface area (Å²) in [6, 6.07) is 17.6. The number of nitrogens with zero attached hydrogens (tertiary/aromatic N) is 1. The second kappa shape index (κ2) is 10.4. The Morgan fingerprint density at radius 1 is 1.03 bits per heavy atom. The van der Waals surface area contributed by atoms with Crippen molar-refractivity contribution in [3.8, 4) is 0 Å². The number of carbonyl (C=O) groups is 3. The molecule has 2 aromatic carbocycles. The Morgan fingerprint density at radius 2 is 1.67 bits per heavy atom. The molecule has 0 radical (unpaired) electrons. The number of nitrogens with one attached hydrogen (secondary N) is 1. The molecule has 0 bridgehead atoms. The molecule has 2 atom stereocenters. The van der Waals surface area contributed by atoms with Crippen LogP contribution in [0.1, 0.15) is 30.4 Å². The number of nitrogens with two attached hydrogens (primary N) is 1. The van der Waals surface area contributed by atoms with E-state index in [1.54, 1.807) is 0 Å². The van der Waals surface area contributed by atoms with E-state index in [0.29, 0.717) is 32.2 Å². The molecule has 0 aromatic heterocycles. The normalized spacial score (nSPS) is 16.7. The largest absolute Gasteiger partial charge is 0.445 e. The van der Waals surface area contributed by atoms with E-state index in [1.807, 2.05) is 60.7 Å². The molecule has 0 saturated carbocycles. The second-order valence-corrected chi connectivity index (χ2v) is 7.38. The Morgan fingerprint density at radius 3 is 2.30 bits per heavy atom. The molecule has 1 aliphatic rings. The molecule has 1 fully saturated rings. The Bertz CT molecular complexity index is 857. The van der Waals surface area contributed by atoms with Crippen LogP contribution in [0.4, 0.5) is 4.79 Å². The van der Waals surface area contributed by atoms with E-state index in [0.717, 1.165) is 11.1 Å². The van der Waals surface area contributed by atoms with Crippen LogP contribution in [0.25, 0.3) is 0 Å². The van der Waals surface area contributed by atoms with Gasteiger partial charge in [0.15, 0.2) is 0 Å². The summed E-state index contributed by atoms with van der Waals surface area (Å²) in [6.07, 6.45) is 1.70. The van der Waals surface area contributed by atoms with Crippen LogP contribution in [0.2, 0.25) is 0 Å². The van der Waals surface area contributed by atoms with Gasteiger partial charge in [-0.1, -0.05) is 60.7 Å². The lowest BCUT2D eigenvalue weighted by atomic mass is 10.0. The van der Waals surface area contributed by atoms with Crippen LogP contribution in [0, 0.1) is 0 Å². The summed E-state index contributed by atoms with van der Waals surface area (Å²) in [5, 5.41) is 2.72. The number of benzene rings is 2. The molecule has 1 saturated heterocycles. The summed E-state index contributed by atoms with van der Waals surface area (Å²) in [5.74, 6) is -0.962. The molecule has 30 heavy (non-hydrogen) atoms. The summed E-state index contributed by atoms with van der Waals surface area (Å²) >= 11 is 0. The predicted octanol–water partition coefficient (Wildman–Crippen LogP) is 2.39. The van der Waals surface area contributed by atoms with Gasteiger partial charge in [-0.3, -0.25) is 14.5 Å². The molecular formula is C23H27N3O4. The number of carbonyl (C=O) groups excluding carboxylic acids is 3. The lowest BCUT2D eigenvalue weighted by Gasteiger charge is -2.25. The Balaban J connectivity index is 1.55. The van der Waals surface area contributed by atoms with Gasteiger partial charge in [-0.15, -0.1) is 0 Å². The van der Waals surface area contributed by atoms with Crippen LogP contribution in [-0.4, -0.2) is 41.4 Å². The van der Waals surface area contributed by atoms with Crippen molar-refractivity contribution in [3.63, 3.8) is 0 Å². The van der Waals surface area contributed by atoms with Gasteiger partial charge < -0.3 is 15.8 Å². The first-order valence-corrected chi connectivity index (χ1v) is 10.2. The van der Waals surface area contributed by atoms with Gasteiger partial charge in [0.25, 0.3) is 0 Å².